The van der Waals surface area contributed by atoms with Gasteiger partial charge < -0.3 is 14.4 Å². The highest BCUT2D eigenvalue weighted by Gasteiger charge is 2.44. The standard InChI is InChI=1S/C26H31NO4/c1-17(2)20-6-5-7-21(14-20)30-16-24(29)27-12-10-26(11-13-27)15-23(28)22-9-8-18(3)19(4)25(22)31-26/h5-9,14,17H,10-13,15-16H2,1-4H3. The minimum Gasteiger partial charge on any atom is -0.486 e. The number of carbonyl (C=O) groups excluding carboxylic acids is 2. The van der Waals surface area contributed by atoms with Crippen LogP contribution in [0.3, 0.4) is 0 Å². The number of fused-ring (bicyclic) bond motifs is 1. The van der Waals surface area contributed by atoms with Crippen LogP contribution in [0, 0.1) is 13.8 Å². The fraction of sp³-hybridized carbons (Fsp3) is 0.462. The van der Waals surface area contributed by atoms with Crippen LogP contribution in [0.2, 0.25) is 0 Å². The van der Waals surface area contributed by atoms with E-state index < -0.39 is 5.60 Å². The fourth-order valence-corrected chi connectivity index (χ4v) is 4.42. The summed E-state index contributed by atoms with van der Waals surface area (Å²) in [5, 5.41) is 0. The summed E-state index contributed by atoms with van der Waals surface area (Å²) in [5.74, 6) is 1.96. The minimum atomic E-state index is -0.508. The molecule has 0 unspecified atom stereocenters. The molecule has 164 valence electrons. The van der Waals surface area contributed by atoms with E-state index in [0.717, 1.165) is 22.6 Å². The Morgan fingerprint density at radius 1 is 1.16 bits per heavy atom. The molecule has 0 N–H and O–H groups in total. The van der Waals surface area contributed by atoms with Gasteiger partial charge in [-0.2, -0.15) is 0 Å². The van der Waals surface area contributed by atoms with Crippen molar-refractivity contribution in [2.45, 2.75) is 58.5 Å². The van der Waals surface area contributed by atoms with Gasteiger partial charge in [-0.1, -0.05) is 32.0 Å². The van der Waals surface area contributed by atoms with Crippen molar-refractivity contribution in [3.8, 4) is 11.5 Å². The second kappa shape index (κ2) is 8.37. The van der Waals surface area contributed by atoms with Crippen molar-refractivity contribution >= 4 is 11.7 Å². The van der Waals surface area contributed by atoms with Crippen molar-refractivity contribution in [3.05, 3.63) is 58.7 Å². The maximum absolute atomic E-state index is 12.8. The lowest BCUT2D eigenvalue weighted by Gasteiger charge is -2.44. The third kappa shape index (κ3) is 4.32. The van der Waals surface area contributed by atoms with Crippen LogP contribution in [-0.4, -0.2) is 41.9 Å². The van der Waals surface area contributed by atoms with Crippen molar-refractivity contribution in [1.82, 2.24) is 4.90 Å². The highest BCUT2D eigenvalue weighted by atomic mass is 16.5. The zero-order chi connectivity index (χ0) is 22.2. The lowest BCUT2D eigenvalue weighted by molar-refractivity contribution is -0.136. The number of nitrogens with zero attached hydrogens (tertiary/aromatic N) is 1. The van der Waals surface area contributed by atoms with Crippen LogP contribution in [0.1, 0.15) is 66.1 Å². The highest BCUT2D eigenvalue weighted by molar-refractivity contribution is 6.01. The molecule has 1 amide bonds. The third-order valence-electron chi connectivity index (χ3n) is 6.69. The Kier molecular flexibility index (Phi) is 5.78. The molecule has 2 aliphatic rings. The van der Waals surface area contributed by atoms with Gasteiger partial charge in [0.05, 0.1) is 12.0 Å². The third-order valence-corrected chi connectivity index (χ3v) is 6.69. The van der Waals surface area contributed by atoms with Gasteiger partial charge >= 0.3 is 0 Å². The summed E-state index contributed by atoms with van der Waals surface area (Å²) in [4.78, 5) is 27.3. The lowest BCUT2D eigenvalue weighted by Crippen LogP contribution is -2.53. The molecule has 0 atom stereocenters. The van der Waals surface area contributed by atoms with E-state index in [0.29, 0.717) is 43.8 Å². The Morgan fingerprint density at radius 2 is 1.90 bits per heavy atom. The number of likely N-dealkylation sites (tertiary alicyclic amines) is 1. The second-order valence-electron chi connectivity index (χ2n) is 9.17. The molecule has 1 saturated heterocycles. The molecule has 2 heterocycles. The van der Waals surface area contributed by atoms with Gasteiger partial charge in [-0.25, -0.2) is 0 Å². The Bertz CT molecular complexity index is 1000. The van der Waals surface area contributed by atoms with E-state index in [-0.39, 0.29) is 18.3 Å². The summed E-state index contributed by atoms with van der Waals surface area (Å²) >= 11 is 0. The summed E-state index contributed by atoms with van der Waals surface area (Å²) in [7, 11) is 0. The normalized spacial score (nSPS) is 17.5. The quantitative estimate of drug-likeness (QED) is 0.709. The number of aryl methyl sites for hydroxylation is 1. The van der Waals surface area contributed by atoms with Gasteiger partial charge in [-0.3, -0.25) is 9.59 Å². The number of hydrogen-bond acceptors (Lipinski definition) is 4. The Morgan fingerprint density at radius 3 is 2.61 bits per heavy atom. The van der Waals surface area contributed by atoms with E-state index in [4.69, 9.17) is 9.47 Å². The van der Waals surface area contributed by atoms with Crippen molar-refractivity contribution in [2.24, 2.45) is 0 Å². The molecule has 5 heteroatoms. The Hall–Kier alpha value is -2.82. The van der Waals surface area contributed by atoms with Gasteiger partial charge in [0.15, 0.2) is 12.4 Å². The number of rotatable bonds is 4. The van der Waals surface area contributed by atoms with Gasteiger partial charge in [0, 0.05) is 25.9 Å². The van der Waals surface area contributed by atoms with E-state index in [1.54, 1.807) is 0 Å². The molecule has 1 fully saturated rings. The second-order valence-corrected chi connectivity index (χ2v) is 9.17. The van der Waals surface area contributed by atoms with E-state index in [1.165, 1.54) is 5.56 Å². The molecule has 31 heavy (non-hydrogen) atoms. The number of amides is 1. The molecular formula is C26H31NO4. The van der Waals surface area contributed by atoms with Gasteiger partial charge in [0.25, 0.3) is 5.91 Å². The number of hydrogen-bond donors (Lipinski definition) is 0. The molecular weight excluding hydrogens is 390 g/mol. The first-order chi connectivity index (χ1) is 14.8. The van der Waals surface area contributed by atoms with E-state index in [1.807, 2.05) is 49.1 Å². The first-order valence-corrected chi connectivity index (χ1v) is 11.1. The summed E-state index contributed by atoms with van der Waals surface area (Å²) in [6, 6.07) is 11.7. The largest absolute Gasteiger partial charge is 0.486 e. The molecule has 4 rings (SSSR count). The molecule has 0 aromatic heterocycles. The van der Waals surface area contributed by atoms with E-state index in [2.05, 4.69) is 19.9 Å². The van der Waals surface area contributed by atoms with Crippen LogP contribution < -0.4 is 9.47 Å². The van der Waals surface area contributed by atoms with Crippen LogP contribution in [0.25, 0.3) is 0 Å². The highest BCUT2D eigenvalue weighted by Crippen LogP contribution is 2.41. The molecule has 0 radical (unpaired) electrons. The van der Waals surface area contributed by atoms with Gasteiger partial charge in [0.1, 0.15) is 17.1 Å². The molecule has 0 saturated carbocycles. The zero-order valence-corrected chi connectivity index (χ0v) is 18.9. The van der Waals surface area contributed by atoms with Crippen LogP contribution in [-0.2, 0) is 4.79 Å². The van der Waals surface area contributed by atoms with Crippen molar-refractivity contribution in [2.75, 3.05) is 19.7 Å². The topological polar surface area (TPSA) is 55.8 Å². The van der Waals surface area contributed by atoms with Crippen molar-refractivity contribution < 1.29 is 19.1 Å². The molecule has 0 aliphatic carbocycles. The summed E-state index contributed by atoms with van der Waals surface area (Å²) < 4.78 is 12.2. The van der Waals surface area contributed by atoms with Crippen LogP contribution in [0.4, 0.5) is 0 Å². The molecule has 5 nitrogen and oxygen atoms in total. The number of ether oxygens (including phenoxy) is 2. The number of benzene rings is 2. The first-order valence-electron chi connectivity index (χ1n) is 11.1. The number of ketones is 1. The van der Waals surface area contributed by atoms with Gasteiger partial charge in [-0.05, 0) is 54.7 Å². The van der Waals surface area contributed by atoms with Crippen LogP contribution >= 0.6 is 0 Å². The average Bonchev–Trinajstić information content (AvgIpc) is 2.75. The molecule has 1 spiro atoms. The fourth-order valence-electron chi connectivity index (χ4n) is 4.42. The lowest BCUT2D eigenvalue weighted by atomic mass is 9.81. The predicted molar refractivity (Wildman–Crippen MR) is 120 cm³/mol. The minimum absolute atomic E-state index is 0.0233. The maximum Gasteiger partial charge on any atom is 0.260 e. The first kappa shape index (κ1) is 21.4. The molecule has 2 aromatic carbocycles. The summed E-state index contributed by atoms with van der Waals surface area (Å²) in [6.45, 7) is 9.46. The summed E-state index contributed by atoms with van der Waals surface area (Å²) in [5.41, 5.74) is 3.51. The van der Waals surface area contributed by atoms with E-state index >= 15 is 0 Å². The van der Waals surface area contributed by atoms with Gasteiger partial charge in [0.2, 0.25) is 0 Å². The smallest absolute Gasteiger partial charge is 0.260 e. The Balaban J connectivity index is 1.37. The number of Topliss-reactive ketones (excluding diaryl/α,β-unsaturated/α-hetero) is 1. The van der Waals surface area contributed by atoms with Gasteiger partial charge in [-0.15, -0.1) is 0 Å². The number of piperidine rings is 1. The average molecular weight is 422 g/mol. The summed E-state index contributed by atoms with van der Waals surface area (Å²) in [6.07, 6.45) is 1.68. The van der Waals surface area contributed by atoms with Crippen molar-refractivity contribution in [1.29, 1.82) is 0 Å². The Labute approximate surface area is 184 Å². The SMILES string of the molecule is Cc1ccc2c(c1C)OC1(CCN(C(=O)COc3cccc(C(C)C)c3)CC1)CC2=O. The molecule has 0 bridgehead atoms. The van der Waals surface area contributed by atoms with Crippen LogP contribution in [0.15, 0.2) is 36.4 Å². The predicted octanol–water partition coefficient (Wildman–Crippen LogP) is 4.83. The molecule has 2 aliphatic heterocycles. The zero-order valence-electron chi connectivity index (χ0n) is 18.9. The maximum atomic E-state index is 12.8. The molecule has 2 aromatic rings. The number of carbonyl (C=O) groups is 2. The van der Waals surface area contributed by atoms with E-state index in [9.17, 15) is 9.59 Å². The van der Waals surface area contributed by atoms with Crippen molar-refractivity contribution in [3.63, 3.8) is 0 Å². The monoisotopic (exact) mass is 421 g/mol. The van der Waals surface area contributed by atoms with Crippen LogP contribution in [0.5, 0.6) is 11.5 Å².